The van der Waals surface area contributed by atoms with Crippen LogP contribution in [0.25, 0.3) is 0 Å². The van der Waals surface area contributed by atoms with E-state index in [1.807, 2.05) is 19.4 Å². The molecule has 5 nitrogen and oxygen atoms in total. The summed E-state index contributed by atoms with van der Waals surface area (Å²) in [6.07, 6.45) is 7.98. The fourth-order valence-electron chi connectivity index (χ4n) is 3.33. The first-order chi connectivity index (χ1) is 10.7. The first-order valence-electron chi connectivity index (χ1n) is 7.73. The maximum absolute atomic E-state index is 12.5. The smallest absolute Gasteiger partial charge is 0.261 e. The number of thiophene rings is 1. The Bertz CT molecular complexity index is 685. The lowest BCUT2D eigenvalue weighted by molar-refractivity contribution is 0.0824. The summed E-state index contributed by atoms with van der Waals surface area (Å²) >= 11 is 1.65. The van der Waals surface area contributed by atoms with E-state index in [1.54, 1.807) is 16.0 Å². The van der Waals surface area contributed by atoms with Gasteiger partial charge in [-0.3, -0.25) is 9.48 Å². The molecule has 0 saturated carbocycles. The number of nitrogens with zero attached hydrogens (tertiary/aromatic N) is 2. The third-order valence-corrected chi connectivity index (χ3v) is 5.67. The van der Waals surface area contributed by atoms with Crippen molar-refractivity contribution in [2.75, 3.05) is 6.61 Å². The maximum Gasteiger partial charge on any atom is 0.261 e. The molecule has 1 aliphatic carbocycles. The topological polar surface area (TPSA) is 56.1 Å². The minimum Gasteiger partial charge on any atom is -0.371 e. The van der Waals surface area contributed by atoms with Crippen molar-refractivity contribution in [3.05, 3.63) is 39.3 Å². The molecular weight excluding hydrogens is 298 g/mol. The number of hydrogen-bond donors (Lipinski definition) is 1. The summed E-state index contributed by atoms with van der Waals surface area (Å²) in [6, 6.07) is 2.09. The zero-order chi connectivity index (χ0) is 15.1. The van der Waals surface area contributed by atoms with Gasteiger partial charge in [-0.05, 0) is 37.3 Å². The van der Waals surface area contributed by atoms with Crippen molar-refractivity contribution in [2.24, 2.45) is 7.05 Å². The fourth-order valence-corrected chi connectivity index (χ4v) is 4.49. The van der Waals surface area contributed by atoms with Crippen molar-refractivity contribution in [3.63, 3.8) is 0 Å². The zero-order valence-corrected chi connectivity index (χ0v) is 13.4. The molecule has 1 aliphatic heterocycles. The van der Waals surface area contributed by atoms with Crippen molar-refractivity contribution in [1.82, 2.24) is 15.1 Å². The number of hydrogen-bond acceptors (Lipinski definition) is 4. The highest BCUT2D eigenvalue weighted by Gasteiger charge is 2.32. The Hall–Kier alpha value is -1.66. The molecule has 1 amide bonds. The molecule has 0 aromatic carbocycles. The summed E-state index contributed by atoms with van der Waals surface area (Å²) in [6.45, 7) is 0.672. The second-order valence-electron chi connectivity index (χ2n) is 6.02. The monoisotopic (exact) mass is 317 g/mol. The average molecular weight is 317 g/mol. The molecule has 6 heteroatoms. The lowest BCUT2D eigenvalue weighted by atomic mass is 10.1. The van der Waals surface area contributed by atoms with E-state index in [0.717, 1.165) is 29.7 Å². The molecule has 0 radical (unpaired) electrons. The first kappa shape index (κ1) is 14.0. The summed E-state index contributed by atoms with van der Waals surface area (Å²) in [5.74, 6) is 0.0313. The minimum absolute atomic E-state index is 0.0219. The number of aromatic nitrogens is 2. The predicted octanol–water partition coefficient (Wildman–Crippen LogP) is 2.23. The number of carbonyl (C=O) groups is 1. The number of aryl methyl sites for hydroxylation is 3. The predicted molar refractivity (Wildman–Crippen MR) is 84.1 cm³/mol. The third-order valence-electron chi connectivity index (χ3n) is 4.43. The molecule has 1 saturated heterocycles. The van der Waals surface area contributed by atoms with Crippen LogP contribution in [-0.2, 0) is 24.6 Å². The van der Waals surface area contributed by atoms with Crippen molar-refractivity contribution in [3.8, 4) is 0 Å². The Morgan fingerprint density at radius 1 is 1.50 bits per heavy atom. The summed E-state index contributed by atoms with van der Waals surface area (Å²) < 4.78 is 7.56. The van der Waals surface area contributed by atoms with Gasteiger partial charge >= 0.3 is 0 Å². The third kappa shape index (κ3) is 2.46. The normalized spacial score (nSPS) is 23.7. The molecule has 1 fully saturated rings. The van der Waals surface area contributed by atoms with E-state index in [9.17, 15) is 4.79 Å². The van der Waals surface area contributed by atoms with Crippen molar-refractivity contribution < 1.29 is 9.53 Å². The SMILES string of the molecule is Cn1cc([C@H]2OCC[C@@H]2NC(=O)c2cc3c(s2)CCC3)cn1. The van der Waals surface area contributed by atoms with E-state index in [2.05, 4.69) is 16.5 Å². The van der Waals surface area contributed by atoms with Crippen LogP contribution >= 0.6 is 11.3 Å². The van der Waals surface area contributed by atoms with Crippen LogP contribution in [0.5, 0.6) is 0 Å². The second kappa shape index (κ2) is 5.52. The Kier molecular flexibility index (Phi) is 3.50. The molecule has 2 atom stereocenters. The van der Waals surface area contributed by atoms with E-state index >= 15 is 0 Å². The van der Waals surface area contributed by atoms with Gasteiger partial charge in [0.05, 0.1) is 17.1 Å². The molecule has 3 heterocycles. The highest BCUT2D eigenvalue weighted by Crippen LogP contribution is 2.32. The first-order valence-corrected chi connectivity index (χ1v) is 8.55. The van der Waals surface area contributed by atoms with Crippen LogP contribution in [0.1, 0.15) is 44.6 Å². The molecule has 0 spiro atoms. The molecule has 2 aliphatic rings. The molecule has 4 rings (SSSR count). The second-order valence-corrected chi connectivity index (χ2v) is 7.16. The van der Waals surface area contributed by atoms with Crippen molar-refractivity contribution in [1.29, 1.82) is 0 Å². The van der Waals surface area contributed by atoms with E-state index < -0.39 is 0 Å². The summed E-state index contributed by atoms with van der Waals surface area (Å²) in [4.78, 5) is 14.7. The van der Waals surface area contributed by atoms with Crippen LogP contribution < -0.4 is 5.32 Å². The molecule has 116 valence electrons. The molecular formula is C16H19N3O2S. The summed E-state index contributed by atoms with van der Waals surface area (Å²) in [5.41, 5.74) is 2.39. The number of ether oxygens (including phenoxy) is 1. The van der Waals surface area contributed by atoms with Gasteiger partial charge in [0.25, 0.3) is 5.91 Å². The van der Waals surface area contributed by atoms with Crippen LogP contribution in [0, 0.1) is 0 Å². The van der Waals surface area contributed by atoms with Gasteiger partial charge in [0.15, 0.2) is 0 Å². The van der Waals surface area contributed by atoms with Gasteiger partial charge in [0, 0.05) is 30.3 Å². The molecule has 22 heavy (non-hydrogen) atoms. The summed E-state index contributed by atoms with van der Waals surface area (Å²) in [5, 5.41) is 7.34. The van der Waals surface area contributed by atoms with Crippen LogP contribution in [0.4, 0.5) is 0 Å². The summed E-state index contributed by atoms with van der Waals surface area (Å²) in [7, 11) is 1.89. The largest absolute Gasteiger partial charge is 0.371 e. The van der Waals surface area contributed by atoms with Gasteiger partial charge in [-0.25, -0.2) is 0 Å². The highest BCUT2D eigenvalue weighted by atomic mass is 32.1. The molecule has 2 aromatic heterocycles. The lowest BCUT2D eigenvalue weighted by Crippen LogP contribution is -2.36. The van der Waals surface area contributed by atoms with Crippen LogP contribution in [0.15, 0.2) is 18.5 Å². The minimum atomic E-state index is -0.0931. The van der Waals surface area contributed by atoms with Gasteiger partial charge in [-0.1, -0.05) is 0 Å². The average Bonchev–Trinajstić information content (AvgIpc) is 3.19. The number of carbonyl (C=O) groups excluding carboxylic acids is 1. The standard InChI is InChI=1S/C16H19N3O2S/c1-19-9-11(8-17-19)15-12(5-6-21-15)18-16(20)14-7-10-3-2-4-13(10)22-14/h7-9,12,15H,2-6H2,1H3,(H,18,20)/t12-,15+/m0/s1. The number of rotatable bonds is 3. The zero-order valence-electron chi connectivity index (χ0n) is 12.5. The van der Waals surface area contributed by atoms with Gasteiger partial charge in [-0.15, -0.1) is 11.3 Å². The Morgan fingerprint density at radius 2 is 2.41 bits per heavy atom. The Labute approximate surface area is 133 Å². The van der Waals surface area contributed by atoms with Gasteiger partial charge in [0.1, 0.15) is 6.10 Å². The number of amides is 1. The Morgan fingerprint density at radius 3 is 3.18 bits per heavy atom. The van der Waals surface area contributed by atoms with Crippen molar-refractivity contribution in [2.45, 2.75) is 37.8 Å². The van der Waals surface area contributed by atoms with E-state index in [0.29, 0.717) is 6.61 Å². The fraction of sp³-hybridized carbons (Fsp3) is 0.500. The van der Waals surface area contributed by atoms with Gasteiger partial charge in [0.2, 0.25) is 0 Å². The maximum atomic E-state index is 12.5. The molecule has 0 bridgehead atoms. The lowest BCUT2D eigenvalue weighted by Gasteiger charge is -2.18. The number of fused-ring (bicyclic) bond motifs is 1. The van der Waals surface area contributed by atoms with Crippen molar-refractivity contribution >= 4 is 17.2 Å². The van der Waals surface area contributed by atoms with Crippen LogP contribution in [0.2, 0.25) is 0 Å². The molecule has 0 unspecified atom stereocenters. The highest BCUT2D eigenvalue weighted by molar-refractivity contribution is 7.14. The molecule has 1 N–H and O–H groups in total. The van der Waals surface area contributed by atoms with Gasteiger partial charge < -0.3 is 10.1 Å². The van der Waals surface area contributed by atoms with E-state index in [4.69, 9.17) is 4.74 Å². The van der Waals surface area contributed by atoms with E-state index in [1.165, 1.54) is 16.9 Å². The van der Waals surface area contributed by atoms with Crippen LogP contribution in [-0.4, -0.2) is 28.3 Å². The quantitative estimate of drug-likeness (QED) is 0.944. The Balaban J connectivity index is 1.48. The molecule has 2 aromatic rings. The van der Waals surface area contributed by atoms with Crippen LogP contribution in [0.3, 0.4) is 0 Å². The van der Waals surface area contributed by atoms with Gasteiger partial charge in [-0.2, -0.15) is 5.10 Å². The number of nitrogens with one attached hydrogen (secondary N) is 1. The van der Waals surface area contributed by atoms with E-state index in [-0.39, 0.29) is 18.1 Å².